The van der Waals surface area contributed by atoms with Crippen LogP contribution in [-0.2, 0) is 11.8 Å². The summed E-state index contributed by atoms with van der Waals surface area (Å²) in [6.45, 7) is 3.63. The number of nitrogens with zero attached hydrogens (tertiary/aromatic N) is 4. The smallest absolute Gasteiger partial charge is 0.239 e. The first-order chi connectivity index (χ1) is 13.1. The first kappa shape index (κ1) is 17.7. The molecule has 4 rings (SSSR count). The van der Waals surface area contributed by atoms with Crippen LogP contribution < -0.4 is 5.32 Å². The van der Waals surface area contributed by atoms with E-state index >= 15 is 0 Å². The van der Waals surface area contributed by atoms with Crippen molar-refractivity contribution >= 4 is 22.5 Å². The second kappa shape index (κ2) is 7.48. The molecular formula is C21H25N5O. The van der Waals surface area contributed by atoms with Gasteiger partial charge in [0.15, 0.2) is 0 Å². The molecule has 0 radical (unpaired) electrons. The molecule has 1 fully saturated rings. The van der Waals surface area contributed by atoms with Crippen molar-refractivity contribution in [3.05, 3.63) is 42.9 Å². The molecule has 0 bridgehead atoms. The molecule has 0 saturated carbocycles. The Kier molecular flexibility index (Phi) is 4.90. The first-order valence-corrected chi connectivity index (χ1v) is 9.55. The summed E-state index contributed by atoms with van der Waals surface area (Å²) in [5, 5.41) is 9.29. The molecule has 0 unspecified atom stereocenters. The molecule has 3 heterocycles. The van der Waals surface area contributed by atoms with Gasteiger partial charge in [0.1, 0.15) is 5.82 Å². The molecule has 1 atom stereocenters. The minimum atomic E-state index is 0.00520. The number of carbonyl (C=O) groups is 1. The number of fused-ring (bicyclic) bond motifs is 1. The van der Waals surface area contributed by atoms with Crippen LogP contribution in [0.25, 0.3) is 21.9 Å². The molecule has 0 spiro atoms. The highest BCUT2D eigenvalue weighted by atomic mass is 16.2. The number of aryl methyl sites for hydroxylation is 1. The Morgan fingerprint density at radius 2 is 2.11 bits per heavy atom. The molecule has 2 aromatic heterocycles. The van der Waals surface area contributed by atoms with Gasteiger partial charge in [-0.05, 0) is 48.9 Å². The summed E-state index contributed by atoms with van der Waals surface area (Å²) in [5.41, 5.74) is 2.17. The number of carbonyl (C=O) groups excluding carboxylic acids is 1. The van der Waals surface area contributed by atoms with E-state index in [4.69, 9.17) is 0 Å². The molecule has 1 aliphatic heterocycles. The maximum atomic E-state index is 12.5. The summed E-state index contributed by atoms with van der Waals surface area (Å²) in [4.78, 5) is 19.1. The van der Waals surface area contributed by atoms with Crippen LogP contribution in [-0.4, -0.2) is 44.7 Å². The standard InChI is InChI=1S/C21H25N5O/c1-3-19-5-4-8-26(19)14-21(27)24-20-10-17-9-15(6-7-16(17)11-22-20)18-12-23-25(2)13-18/h6-7,9-13,19H,3-5,8,14H2,1-2H3,(H,22,24,27)/t19-/m1/s1. The van der Waals surface area contributed by atoms with Crippen LogP contribution in [0.1, 0.15) is 26.2 Å². The Balaban J connectivity index is 1.51. The molecule has 1 N–H and O–H groups in total. The van der Waals surface area contributed by atoms with Gasteiger partial charge in [0.25, 0.3) is 0 Å². The monoisotopic (exact) mass is 363 g/mol. The van der Waals surface area contributed by atoms with Crippen LogP contribution in [0.3, 0.4) is 0 Å². The third-order valence-corrected chi connectivity index (χ3v) is 5.34. The van der Waals surface area contributed by atoms with E-state index in [0.717, 1.165) is 34.9 Å². The van der Waals surface area contributed by atoms with Gasteiger partial charge < -0.3 is 5.32 Å². The van der Waals surface area contributed by atoms with Gasteiger partial charge in [-0.15, -0.1) is 0 Å². The molecule has 3 aromatic rings. The quantitative estimate of drug-likeness (QED) is 0.754. The normalized spacial score (nSPS) is 17.5. The van der Waals surface area contributed by atoms with Crippen molar-refractivity contribution in [2.45, 2.75) is 32.2 Å². The highest BCUT2D eigenvalue weighted by molar-refractivity contribution is 5.94. The van der Waals surface area contributed by atoms with E-state index in [1.54, 1.807) is 4.68 Å². The number of hydrogen-bond acceptors (Lipinski definition) is 4. The van der Waals surface area contributed by atoms with Gasteiger partial charge in [-0.3, -0.25) is 14.4 Å². The highest BCUT2D eigenvalue weighted by Gasteiger charge is 2.24. The number of pyridine rings is 1. The third-order valence-electron chi connectivity index (χ3n) is 5.34. The lowest BCUT2D eigenvalue weighted by Gasteiger charge is -2.22. The van der Waals surface area contributed by atoms with Gasteiger partial charge in [-0.25, -0.2) is 4.98 Å². The molecule has 6 nitrogen and oxygen atoms in total. The van der Waals surface area contributed by atoms with Crippen molar-refractivity contribution in [1.82, 2.24) is 19.7 Å². The van der Waals surface area contributed by atoms with Crippen LogP contribution >= 0.6 is 0 Å². The Hall–Kier alpha value is -2.73. The highest BCUT2D eigenvalue weighted by Crippen LogP contribution is 2.25. The summed E-state index contributed by atoms with van der Waals surface area (Å²) < 4.78 is 1.79. The average molecular weight is 363 g/mol. The molecule has 0 aliphatic carbocycles. The molecule has 1 aliphatic rings. The number of benzene rings is 1. The van der Waals surface area contributed by atoms with Gasteiger partial charge in [-0.2, -0.15) is 5.10 Å². The van der Waals surface area contributed by atoms with Gasteiger partial charge in [0.05, 0.1) is 12.7 Å². The fourth-order valence-electron chi connectivity index (χ4n) is 3.89. The van der Waals surface area contributed by atoms with Crippen molar-refractivity contribution in [2.24, 2.45) is 7.05 Å². The van der Waals surface area contributed by atoms with Gasteiger partial charge in [0, 0.05) is 36.4 Å². The van der Waals surface area contributed by atoms with E-state index in [0.29, 0.717) is 18.4 Å². The Morgan fingerprint density at radius 3 is 2.89 bits per heavy atom. The van der Waals surface area contributed by atoms with E-state index in [1.165, 1.54) is 12.8 Å². The summed E-state index contributed by atoms with van der Waals surface area (Å²) in [7, 11) is 1.91. The zero-order chi connectivity index (χ0) is 18.8. The number of hydrogen-bond donors (Lipinski definition) is 1. The predicted molar refractivity (Wildman–Crippen MR) is 107 cm³/mol. The zero-order valence-corrected chi connectivity index (χ0v) is 15.9. The van der Waals surface area contributed by atoms with E-state index in [-0.39, 0.29) is 5.91 Å². The third kappa shape index (κ3) is 3.85. The number of rotatable bonds is 5. The van der Waals surface area contributed by atoms with Crippen molar-refractivity contribution in [3.8, 4) is 11.1 Å². The van der Waals surface area contributed by atoms with Gasteiger partial charge in [0.2, 0.25) is 5.91 Å². The van der Waals surface area contributed by atoms with E-state index in [2.05, 4.69) is 39.4 Å². The Bertz CT molecular complexity index is 964. The van der Waals surface area contributed by atoms with Crippen LogP contribution in [0, 0.1) is 0 Å². The van der Waals surface area contributed by atoms with E-state index < -0.39 is 0 Å². The van der Waals surface area contributed by atoms with Gasteiger partial charge >= 0.3 is 0 Å². The molecule has 27 heavy (non-hydrogen) atoms. The summed E-state index contributed by atoms with van der Waals surface area (Å²) >= 11 is 0. The molecule has 6 heteroatoms. The Morgan fingerprint density at radius 1 is 1.22 bits per heavy atom. The lowest BCUT2D eigenvalue weighted by molar-refractivity contribution is -0.117. The maximum Gasteiger partial charge on any atom is 0.239 e. The van der Waals surface area contributed by atoms with Crippen molar-refractivity contribution < 1.29 is 4.79 Å². The maximum absolute atomic E-state index is 12.5. The summed E-state index contributed by atoms with van der Waals surface area (Å²) in [6.07, 6.45) is 9.12. The number of aromatic nitrogens is 3. The molecular weight excluding hydrogens is 338 g/mol. The van der Waals surface area contributed by atoms with Crippen LogP contribution in [0.4, 0.5) is 5.82 Å². The zero-order valence-electron chi connectivity index (χ0n) is 15.9. The fourth-order valence-corrected chi connectivity index (χ4v) is 3.89. The first-order valence-electron chi connectivity index (χ1n) is 9.55. The van der Waals surface area contributed by atoms with E-state index in [1.807, 2.05) is 37.8 Å². The lowest BCUT2D eigenvalue weighted by atomic mass is 10.1. The van der Waals surface area contributed by atoms with E-state index in [9.17, 15) is 4.79 Å². The van der Waals surface area contributed by atoms with Crippen LogP contribution in [0.2, 0.25) is 0 Å². The molecule has 1 aromatic carbocycles. The molecule has 1 amide bonds. The van der Waals surface area contributed by atoms with Crippen molar-refractivity contribution in [1.29, 1.82) is 0 Å². The van der Waals surface area contributed by atoms with Crippen LogP contribution in [0.5, 0.6) is 0 Å². The largest absolute Gasteiger partial charge is 0.310 e. The Labute approximate surface area is 159 Å². The second-order valence-corrected chi connectivity index (χ2v) is 7.26. The minimum absolute atomic E-state index is 0.00520. The molecule has 140 valence electrons. The lowest BCUT2D eigenvalue weighted by Crippen LogP contribution is -2.36. The predicted octanol–water partition coefficient (Wildman–Crippen LogP) is 3.45. The number of anilines is 1. The number of amides is 1. The number of likely N-dealkylation sites (tertiary alicyclic amines) is 1. The summed E-state index contributed by atoms with van der Waals surface area (Å²) in [6, 6.07) is 8.69. The molecule has 1 saturated heterocycles. The SMILES string of the molecule is CC[C@@H]1CCCN1CC(=O)Nc1cc2cc(-c3cnn(C)c3)ccc2cn1. The van der Waals surface area contributed by atoms with Crippen LogP contribution in [0.15, 0.2) is 42.9 Å². The van der Waals surface area contributed by atoms with Gasteiger partial charge in [-0.1, -0.05) is 19.1 Å². The van der Waals surface area contributed by atoms with Crippen molar-refractivity contribution in [3.63, 3.8) is 0 Å². The fraction of sp³-hybridized carbons (Fsp3) is 0.381. The topological polar surface area (TPSA) is 63.1 Å². The summed E-state index contributed by atoms with van der Waals surface area (Å²) in [5.74, 6) is 0.605. The average Bonchev–Trinajstić information content (AvgIpc) is 3.29. The number of nitrogens with one attached hydrogen (secondary N) is 1. The van der Waals surface area contributed by atoms with Crippen molar-refractivity contribution in [2.75, 3.05) is 18.4 Å². The second-order valence-electron chi connectivity index (χ2n) is 7.26. The minimum Gasteiger partial charge on any atom is -0.310 e.